The topological polar surface area (TPSA) is 85.9 Å². The molecule has 0 heterocycles. The highest BCUT2D eigenvalue weighted by atomic mass is 32.1. The van der Waals surface area contributed by atoms with Crippen LogP contribution in [0.25, 0.3) is 0 Å². The van der Waals surface area contributed by atoms with E-state index >= 15 is 0 Å². The largest absolute Gasteiger partial charge is 0.500 e. The second-order valence-corrected chi connectivity index (χ2v) is 10.1. The van der Waals surface area contributed by atoms with Gasteiger partial charge in [0.1, 0.15) is 0 Å². The average molecular weight is 367 g/mol. The Bertz CT molecular complexity index is 378. The molecule has 1 atom stereocenters. The summed E-state index contributed by atoms with van der Waals surface area (Å²) in [5.41, 5.74) is 0. The van der Waals surface area contributed by atoms with E-state index in [9.17, 15) is 9.59 Å². The predicted molar refractivity (Wildman–Crippen MR) is 94.5 cm³/mol. The normalized spacial score (nSPS) is 13.5. The van der Waals surface area contributed by atoms with E-state index in [0.717, 1.165) is 0 Å². The molecule has 0 fully saturated rings. The first-order valence-electron chi connectivity index (χ1n) is 7.52. The first kappa shape index (κ1) is 22.4. The lowest BCUT2D eigenvalue weighted by molar-refractivity contribution is -0.123. The minimum atomic E-state index is -2.59. The molecule has 0 aliphatic rings. The summed E-state index contributed by atoms with van der Waals surface area (Å²) in [4.78, 5) is 23.3. The van der Waals surface area contributed by atoms with Gasteiger partial charge in [-0.15, -0.1) is 0 Å². The van der Waals surface area contributed by atoms with Gasteiger partial charge in [0, 0.05) is 52.0 Å². The second kappa shape index (κ2) is 10.3. The van der Waals surface area contributed by atoms with Gasteiger partial charge < -0.3 is 23.9 Å². The van der Waals surface area contributed by atoms with Crippen molar-refractivity contribution < 1.29 is 22.9 Å². The van der Waals surface area contributed by atoms with E-state index in [4.69, 9.17) is 13.3 Å². The third-order valence-electron chi connectivity index (χ3n) is 3.53. The molecule has 1 unspecified atom stereocenters. The van der Waals surface area contributed by atoms with Crippen LogP contribution in [-0.4, -0.2) is 59.3 Å². The van der Waals surface area contributed by atoms with Gasteiger partial charge in [-0.1, -0.05) is 0 Å². The van der Waals surface area contributed by atoms with Crippen molar-refractivity contribution in [2.24, 2.45) is 0 Å². The molecule has 0 bridgehead atoms. The fourth-order valence-corrected chi connectivity index (χ4v) is 3.95. The molecule has 0 saturated carbocycles. The molecule has 0 spiro atoms. The highest BCUT2D eigenvalue weighted by Crippen LogP contribution is 2.20. The number of rotatable bonds is 11. The number of amides is 2. The van der Waals surface area contributed by atoms with Crippen LogP contribution >= 0.6 is 12.6 Å². The van der Waals surface area contributed by atoms with Crippen LogP contribution in [0, 0.1) is 0 Å². The van der Waals surface area contributed by atoms with E-state index in [1.165, 1.54) is 6.92 Å². The Hall–Kier alpha value is -0.613. The number of carbonyl (C=O) groups is 2. The van der Waals surface area contributed by atoms with E-state index in [1.54, 1.807) is 21.3 Å². The molecule has 9 heteroatoms. The Morgan fingerprint density at radius 3 is 2.09 bits per heavy atom. The summed E-state index contributed by atoms with van der Waals surface area (Å²) in [6.07, 6.45) is 0.861. The lowest BCUT2D eigenvalue weighted by Crippen LogP contribution is -2.48. The van der Waals surface area contributed by atoms with E-state index < -0.39 is 13.6 Å². The van der Waals surface area contributed by atoms with Crippen molar-refractivity contribution in [1.82, 2.24) is 10.6 Å². The average Bonchev–Trinajstić information content (AvgIpc) is 2.46. The quantitative estimate of drug-likeness (QED) is 0.288. The molecule has 7 nitrogen and oxygen atoms in total. The van der Waals surface area contributed by atoms with Gasteiger partial charge >= 0.3 is 8.80 Å². The van der Waals surface area contributed by atoms with Crippen LogP contribution in [0.5, 0.6) is 0 Å². The molecule has 0 rings (SSSR count). The van der Waals surface area contributed by atoms with Gasteiger partial charge in [0.2, 0.25) is 11.8 Å². The van der Waals surface area contributed by atoms with Gasteiger partial charge in [0.15, 0.2) is 0 Å². The highest BCUT2D eigenvalue weighted by Gasteiger charge is 2.37. The van der Waals surface area contributed by atoms with Crippen LogP contribution in [0.2, 0.25) is 6.04 Å². The number of carbonyl (C=O) groups excluding carboxylic acids is 2. The Morgan fingerprint density at radius 2 is 1.70 bits per heavy atom. The van der Waals surface area contributed by atoms with Gasteiger partial charge in [-0.3, -0.25) is 9.59 Å². The minimum absolute atomic E-state index is 0.134. The Morgan fingerprint density at radius 1 is 1.17 bits per heavy atom. The minimum Gasteiger partial charge on any atom is -0.377 e. The molecular formula is C14H30N2O5SSi. The Kier molecular flexibility index (Phi) is 10.0. The van der Waals surface area contributed by atoms with Crippen molar-refractivity contribution >= 4 is 33.2 Å². The van der Waals surface area contributed by atoms with Crippen molar-refractivity contribution in [2.75, 3.05) is 27.9 Å². The zero-order valence-corrected chi connectivity index (χ0v) is 16.8. The summed E-state index contributed by atoms with van der Waals surface area (Å²) in [5.74, 6) is -0.314. The lowest BCUT2D eigenvalue weighted by atomic mass is 9.99. The molecule has 0 aromatic carbocycles. The van der Waals surface area contributed by atoms with Crippen molar-refractivity contribution in [3.05, 3.63) is 0 Å². The van der Waals surface area contributed by atoms with Gasteiger partial charge in [-0.25, -0.2) is 0 Å². The lowest BCUT2D eigenvalue weighted by Gasteiger charge is -2.30. The van der Waals surface area contributed by atoms with Gasteiger partial charge in [0.25, 0.3) is 0 Å². The van der Waals surface area contributed by atoms with Crippen LogP contribution in [0.15, 0.2) is 0 Å². The summed E-state index contributed by atoms with van der Waals surface area (Å²) in [5, 5.41) is 5.60. The molecule has 23 heavy (non-hydrogen) atoms. The van der Waals surface area contributed by atoms with Crippen molar-refractivity contribution in [3.8, 4) is 0 Å². The van der Waals surface area contributed by atoms with Crippen LogP contribution < -0.4 is 10.6 Å². The number of hydrogen-bond donors (Lipinski definition) is 3. The molecule has 136 valence electrons. The van der Waals surface area contributed by atoms with Crippen molar-refractivity contribution in [2.45, 2.75) is 50.4 Å². The molecule has 0 aliphatic carbocycles. The smallest absolute Gasteiger partial charge is 0.377 e. The summed E-state index contributed by atoms with van der Waals surface area (Å²) >= 11 is 4.45. The standard InChI is InChI=1S/C14H30N2O5SSi/c1-11(17)16-12(14(2,3)22)10-13(18)15-8-7-9-23(19-4,20-5)21-6/h12,22H,7-10H2,1-6H3,(H,15,18)(H,16,17). The summed E-state index contributed by atoms with van der Waals surface area (Å²) in [6.45, 7) is 5.64. The van der Waals surface area contributed by atoms with E-state index in [1.807, 2.05) is 13.8 Å². The van der Waals surface area contributed by atoms with Crippen molar-refractivity contribution in [1.29, 1.82) is 0 Å². The zero-order valence-electron chi connectivity index (χ0n) is 14.9. The Labute approximate surface area is 145 Å². The molecule has 2 N–H and O–H groups in total. The number of hydrogen-bond acceptors (Lipinski definition) is 6. The summed E-state index contributed by atoms with van der Waals surface area (Å²) in [6, 6.07) is 0.276. The third-order valence-corrected chi connectivity index (χ3v) is 6.68. The molecular weight excluding hydrogens is 336 g/mol. The third kappa shape index (κ3) is 8.71. The molecule has 0 aromatic rings. The number of nitrogens with one attached hydrogen (secondary N) is 2. The first-order chi connectivity index (χ1) is 10.6. The van der Waals surface area contributed by atoms with Gasteiger partial charge in [-0.2, -0.15) is 12.6 Å². The summed E-state index contributed by atoms with van der Waals surface area (Å²) in [7, 11) is 2.09. The van der Waals surface area contributed by atoms with E-state index in [-0.39, 0.29) is 24.3 Å². The predicted octanol–water partition coefficient (Wildman–Crippen LogP) is 0.974. The molecule has 0 aromatic heterocycles. The number of thiol groups is 1. The van der Waals surface area contributed by atoms with Gasteiger partial charge in [0.05, 0.1) is 6.04 Å². The molecule has 0 aliphatic heterocycles. The Balaban J connectivity index is 4.31. The van der Waals surface area contributed by atoms with Crippen LogP contribution in [0.3, 0.4) is 0 Å². The monoisotopic (exact) mass is 366 g/mol. The maximum Gasteiger partial charge on any atom is 0.500 e. The highest BCUT2D eigenvalue weighted by molar-refractivity contribution is 7.81. The van der Waals surface area contributed by atoms with E-state index in [0.29, 0.717) is 19.0 Å². The van der Waals surface area contributed by atoms with E-state index in [2.05, 4.69) is 23.3 Å². The summed E-state index contributed by atoms with van der Waals surface area (Å²) < 4.78 is 15.5. The van der Waals surface area contributed by atoms with Crippen molar-refractivity contribution in [3.63, 3.8) is 0 Å². The van der Waals surface area contributed by atoms with Crippen LogP contribution in [-0.2, 0) is 22.9 Å². The maximum atomic E-state index is 12.0. The SMILES string of the molecule is CO[Si](CCCNC(=O)CC(NC(C)=O)C(C)(C)S)(OC)OC. The molecule has 0 radical (unpaired) electrons. The zero-order chi connectivity index (χ0) is 18.1. The second-order valence-electron chi connectivity index (χ2n) is 5.86. The van der Waals surface area contributed by atoms with Gasteiger partial charge in [-0.05, 0) is 20.3 Å². The molecule has 2 amide bonds. The first-order valence-corrected chi connectivity index (χ1v) is 9.89. The maximum absolute atomic E-state index is 12.0. The molecule has 0 saturated heterocycles. The fraction of sp³-hybridized carbons (Fsp3) is 0.857. The van der Waals surface area contributed by atoms with Crippen LogP contribution in [0.4, 0.5) is 0 Å². The fourth-order valence-electron chi connectivity index (χ4n) is 2.07. The van der Waals surface area contributed by atoms with Crippen LogP contribution in [0.1, 0.15) is 33.6 Å².